The average molecular weight is 236 g/mol. The summed E-state index contributed by atoms with van der Waals surface area (Å²) < 4.78 is 5.47. The number of ether oxygens (including phenoxy) is 1. The van der Waals surface area contributed by atoms with Gasteiger partial charge in [-0.1, -0.05) is 0 Å². The van der Waals surface area contributed by atoms with Gasteiger partial charge in [-0.05, 0) is 25.5 Å². The van der Waals surface area contributed by atoms with Crippen LogP contribution < -0.4 is 0 Å². The van der Waals surface area contributed by atoms with Gasteiger partial charge in [-0.3, -0.25) is 4.79 Å². The molecule has 1 aliphatic rings. The van der Waals surface area contributed by atoms with Crippen molar-refractivity contribution in [2.45, 2.75) is 19.4 Å². The van der Waals surface area contributed by atoms with Gasteiger partial charge in [-0.15, -0.1) is 0 Å². The molecule has 1 N–H and O–H groups in total. The molecule has 0 saturated carbocycles. The summed E-state index contributed by atoms with van der Waals surface area (Å²) >= 11 is 0. The first-order chi connectivity index (χ1) is 8.18. The van der Waals surface area contributed by atoms with Crippen LogP contribution in [-0.4, -0.2) is 46.7 Å². The van der Waals surface area contributed by atoms with E-state index in [0.29, 0.717) is 19.7 Å². The number of rotatable bonds is 1. The lowest BCUT2D eigenvalue weighted by molar-refractivity contribution is 0.0557. The van der Waals surface area contributed by atoms with Crippen molar-refractivity contribution in [2.75, 3.05) is 19.7 Å². The van der Waals surface area contributed by atoms with E-state index in [-0.39, 0.29) is 23.5 Å². The summed E-state index contributed by atoms with van der Waals surface area (Å²) in [7, 11) is 0. The minimum Gasteiger partial charge on any atom is -0.505 e. The molecule has 0 aliphatic carbocycles. The smallest absolute Gasteiger partial charge is 0.276 e. The van der Waals surface area contributed by atoms with Gasteiger partial charge < -0.3 is 14.7 Å². The van der Waals surface area contributed by atoms with Crippen molar-refractivity contribution in [3.63, 3.8) is 0 Å². The van der Waals surface area contributed by atoms with Crippen molar-refractivity contribution in [3.05, 3.63) is 24.0 Å². The Hall–Kier alpha value is -1.62. The number of aromatic hydroxyl groups is 1. The Morgan fingerprint density at radius 1 is 1.65 bits per heavy atom. The molecule has 1 aliphatic heterocycles. The van der Waals surface area contributed by atoms with Crippen LogP contribution >= 0.6 is 0 Å². The van der Waals surface area contributed by atoms with Gasteiger partial charge in [-0.25, -0.2) is 4.98 Å². The predicted octanol–water partition coefficient (Wildman–Crippen LogP) is 1.04. The number of carbonyl (C=O) groups excluding carboxylic acids is 1. The van der Waals surface area contributed by atoms with Crippen LogP contribution in [0.15, 0.2) is 18.3 Å². The Kier molecular flexibility index (Phi) is 3.58. The van der Waals surface area contributed by atoms with Crippen LogP contribution in [0.2, 0.25) is 0 Å². The molecular formula is C12H16N2O3. The molecule has 1 aromatic heterocycles. The highest BCUT2D eigenvalue weighted by Gasteiger charge is 2.23. The molecule has 1 saturated heterocycles. The highest BCUT2D eigenvalue weighted by Crippen LogP contribution is 2.16. The molecule has 1 amide bonds. The fourth-order valence-electron chi connectivity index (χ4n) is 1.89. The van der Waals surface area contributed by atoms with E-state index >= 15 is 0 Å². The third-order valence-corrected chi connectivity index (χ3v) is 2.73. The Labute approximate surface area is 100 Å². The largest absolute Gasteiger partial charge is 0.505 e. The lowest BCUT2D eigenvalue weighted by atomic mass is 10.2. The van der Waals surface area contributed by atoms with E-state index in [1.165, 1.54) is 12.3 Å². The molecule has 17 heavy (non-hydrogen) atoms. The van der Waals surface area contributed by atoms with E-state index in [1.807, 2.05) is 6.92 Å². The molecule has 0 bridgehead atoms. The summed E-state index contributed by atoms with van der Waals surface area (Å²) in [5.74, 6) is -0.309. The molecule has 5 heteroatoms. The Balaban J connectivity index is 2.16. The molecule has 1 unspecified atom stereocenters. The van der Waals surface area contributed by atoms with E-state index in [9.17, 15) is 9.90 Å². The van der Waals surface area contributed by atoms with E-state index in [2.05, 4.69) is 4.98 Å². The Bertz CT molecular complexity index is 408. The van der Waals surface area contributed by atoms with Crippen molar-refractivity contribution < 1.29 is 14.6 Å². The lowest BCUT2D eigenvalue weighted by Crippen LogP contribution is -2.36. The van der Waals surface area contributed by atoms with Gasteiger partial charge in [0.1, 0.15) is 5.75 Å². The molecule has 1 atom stereocenters. The molecule has 0 spiro atoms. The normalized spacial score (nSPS) is 21.0. The maximum atomic E-state index is 12.2. The second-order valence-corrected chi connectivity index (χ2v) is 4.16. The summed E-state index contributed by atoms with van der Waals surface area (Å²) in [6.07, 6.45) is 2.33. The van der Waals surface area contributed by atoms with Gasteiger partial charge in [0.15, 0.2) is 5.69 Å². The first-order valence-electron chi connectivity index (χ1n) is 5.73. The zero-order valence-corrected chi connectivity index (χ0v) is 9.80. The topological polar surface area (TPSA) is 62.7 Å². The van der Waals surface area contributed by atoms with E-state index in [0.717, 1.165) is 6.42 Å². The molecule has 5 nitrogen and oxygen atoms in total. The van der Waals surface area contributed by atoms with Gasteiger partial charge in [0, 0.05) is 25.9 Å². The van der Waals surface area contributed by atoms with Crippen LogP contribution in [0.1, 0.15) is 23.8 Å². The van der Waals surface area contributed by atoms with Crippen LogP contribution in [0.4, 0.5) is 0 Å². The minimum atomic E-state index is -0.236. The van der Waals surface area contributed by atoms with Crippen LogP contribution in [0.5, 0.6) is 5.75 Å². The van der Waals surface area contributed by atoms with Crippen LogP contribution in [0.3, 0.4) is 0 Å². The second kappa shape index (κ2) is 5.14. The Morgan fingerprint density at radius 2 is 2.47 bits per heavy atom. The third kappa shape index (κ3) is 2.74. The molecular weight excluding hydrogens is 220 g/mol. The van der Waals surface area contributed by atoms with Gasteiger partial charge in [-0.2, -0.15) is 0 Å². The third-order valence-electron chi connectivity index (χ3n) is 2.73. The summed E-state index contributed by atoms with van der Waals surface area (Å²) in [6, 6.07) is 3.07. The van der Waals surface area contributed by atoms with E-state index in [4.69, 9.17) is 4.74 Å². The number of carbonyl (C=O) groups is 1. The number of aromatic nitrogens is 1. The van der Waals surface area contributed by atoms with Gasteiger partial charge >= 0.3 is 0 Å². The monoisotopic (exact) mass is 236 g/mol. The predicted molar refractivity (Wildman–Crippen MR) is 61.8 cm³/mol. The summed E-state index contributed by atoms with van der Waals surface area (Å²) in [5.41, 5.74) is 0.113. The van der Waals surface area contributed by atoms with E-state index < -0.39 is 0 Å². The first-order valence-corrected chi connectivity index (χ1v) is 5.73. The van der Waals surface area contributed by atoms with Crippen LogP contribution in [0.25, 0.3) is 0 Å². The lowest BCUT2D eigenvalue weighted by Gasteiger charge is -2.21. The van der Waals surface area contributed by atoms with Crippen molar-refractivity contribution in [1.82, 2.24) is 9.88 Å². The van der Waals surface area contributed by atoms with Crippen LogP contribution in [0, 0.1) is 0 Å². The van der Waals surface area contributed by atoms with Crippen molar-refractivity contribution in [3.8, 4) is 5.75 Å². The standard InChI is InChI=1S/C12H16N2O3/c1-9-8-14(6-3-7-17-9)12(16)11-10(15)4-2-5-13-11/h2,4-5,9,15H,3,6-8H2,1H3. The van der Waals surface area contributed by atoms with Crippen molar-refractivity contribution >= 4 is 5.91 Å². The molecule has 0 aromatic carbocycles. The number of hydrogen-bond acceptors (Lipinski definition) is 4. The number of nitrogens with zero attached hydrogens (tertiary/aromatic N) is 2. The molecule has 1 fully saturated rings. The molecule has 92 valence electrons. The molecule has 2 rings (SSSR count). The average Bonchev–Trinajstić information content (AvgIpc) is 2.54. The van der Waals surface area contributed by atoms with E-state index in [1.54, 1.807) is 11.0 Å². The summed E-state index contributed by atoms with van der Waals surface area (Å²) in [6.45, 7) is 3.77. The summed E-state index contributed by atoms with van der Waals surface area (Å²) in [5, 5.41) is 9.61. The molecule has 2 heterocycles. The highest BCUT2D eigenvalue weighted by molar-refractivity contribution is 5.94. The highest BCUT2D eigenvalue weighted by atomic mass is 16.5. The van der Waals surface area contributed by atoms with Gasteiger partial charge in [0.2, 0.25) is 0 Å². The van der Waals surface area contributed by atoms with Gasteiger partial charge in [0.05, 0.1) is 6.10 Å². The molecule has 0 radical (unpaired) electrons. The van der Waals surface area contributed by atoms with Crippen LogP contribution in [-0.2, 0) is 4.74 Å². The van der Waals surface area contributed by atoms with Gasteiger partial charge in [0.25, 0.3) is 5.91 Å². The zero-order chi connectivity index (χ0) is 12.3. The SMILES string of the molecule is CC1CN(C(=O)c2ncccc2O)CCCO1. The maximum absolute atomic E-state index is 12.2. The fourth-order valence-corrected chi connectivity index (χ4v) is 1.89. The maximum Gasteiger partial charge on any atom is 0.276 e. The number of pyridine rings is 1. The fraction of sp³-hybridized carbons (Fsp3) is 0.500. The minimum absolute atomic E-state index is 0.0207. The summed E-state index contributed by atoms with van der Waals surface area (Å²) in [4.78, 5) is 17.8. The Morgan fingerprint density at radius 3 is 3.24 bits per heavy atom. The van der Waals surface area contributed by atoms with Crippen molar-refractivity contribution in [2.24, 2.45) is 0 Å². The number of hydrogen-bond donors (Lipinski definition) is 1. The second-order valence-electron chi connectivity index (χ2n) is 4.16. The zero-order valence-electron chi connectivity index (χ0n) is 9.80. The first kappa shape index (κ1) is 11.9. The molecule has 1 aromatic rings. The number of amides is 1. The van der Waals surface area contributed by atoms with Crippen molar-refractivity contribution in [1.29, 1.82) is 0 Å². The quantitative estimate of drug-likeness (QED) is 0.791.